The first-order chi connectivity index (χ1) is 8.51. The van der Waals surface area contributed by atoms with Crippen LogP contribution in [0.5, 0.6) is 0 Å². The van der Waals surface area contributed by atoms with Gasteiger partial charge < -0.3 is 0 Å². The minimum absolute atomic E-state index is 0.0179. The van der Waals surface area contributed by atoms with Crippen LogP contribution in [-0.4, -0.2) is 14.5 Å². The van der Waals surface area contributed by atoms with Gasteiger partial charge in [-0.05, 0) is 38.3 Å². The highest BCUT2D eigenvalue weighted by molar-refractivity contribution is 7.89. The molecule has 2 rings (SSSR count). The van der Waals surface area contributed by atoms with Gasteiger partial charge in [0.25, 0.3) is 0 Å². The van der Waals surface area contributed by atoms with Crippen molar-refractivity contribution in [3.8, 4) is 6.07 Å². The zero-order valence-corrected chi connectivity index (χ0v) is 11.1. The maximum atomic E-state index is 12.1. The molecular formula is C13H16N2O2S. The third kappa shape index (κ3) is 2.89. The van der Waals surface area contributed by atoms with Crippen molar-refractivity contribution in [3.63, 3.8) is 0 Å². The fourth-order valence-electron chi connectivity index (χ4n) is 2.21. The van der Waals surface area contributed by atoms with Crippen LogP contribution in [0.3, 0.4) is 0 Å². The van der Waals surface area contributed by atoms with Gasteiger partial charge in [0.1, 0.15) is 0 Å². The van der Waals surface area contributed by atoms with Crippen molar-refractivity contribution < 1.29 is 8.42 Å². The van der Waals surface area contributed by atoms with E-state index in [0.717, 1.165) is 18.4 Å². The third-order valence-corrected chi connectivity index (χ3v) is 4.80. The van der Waals surface area contributed by atoms with Gasteiger partial charge in [-0.3, -0.25) is 0 Å². The predicted molar refractivity (Wildman–Crippen MR) is 68.2 cm³/mol. The number of aryl methyl sites for hydroxylation is 1. The average molecular weight is 264 g/mol. The standard InChI is InChI=1S/C13H16N2O2S/c1-10-2-6-13(7-3-10)18(16,17)15-12-5-4-11(8-12)9-14/h2-3,6-7,11-12,15H,4-5,8H2,1H3/t11-,12+/m0/s1. The molecule has 1 saturated carbocycles. The van der Waals surface area contributed by atoms with Crippen molar-refractivity contribution in [2.75, 3.05) is 0 Å². The van der Waals surface area contributed by atoms with Crippen LogP contribution in [0, 0.1) is 24.2 Å². The number of rotatable bonds is 3. The van der Waals surface area contributed by atoms with Crippen molar-refractivity contribution in [3.05, 3.63) is 29.8 Å². The van der Waals surface area contributed by atoms with Crippen LogP contribution in [0.1, 0.15) is 24.8 Å². The largest absolute Gasteiger partial charge is 0.240 e. The fourth-order valence-corrected chi connectivity index (χ4v) is 3.49. The first kappa shape index (κ1) is 13.1. The SMILES string of the molecule is Cc1ccc(S(=O)(=O)N[C@@H]2CC[C@H](C#N)C2)cc1. The summed E-state index contributed by atoms with van der Waals surface area (Å²) in [7, 11) is -3.45. The van der Waals surface area contributed by atoms with Crippen LogP contribution in [-0.2, 0) is 10.0 Å². The summed E-state index contributed by atoms with van der Waals surface area (Å²) in [6.07, 6.45) is 2.13. The summed E-state index contributed by atoms with van der Waals surface area (Å²) in [6, 6.07) is 8.85. The molecule has 1 fully saturated rings. The Bertz CT molecular complexity index is 558. The van der Waals surface area contributed by atoms with Crippen molar-refractivity contribution in [1.29, 1.82) is 5.26 Å². The lowest BCUT2D eigenvalue weighted by molar-refractivity contribution is 0.547. The van der Waals surface area contributed by atoms with Crippen molar-refractivity contribution in [2.24, 2.45) is 5.92 Å². The van der Waals surface area contributed by atoms with Gasteiger partial charge in [-0.15, -0.1) is 0 Å². The van der Waals surface area contributed by atoms with Crippen molar-refractivity contribution in [1.82, 2.24) is 4.72 Å². The van der Waals surface area contributed by atoms with Gasteiger partial charge in [-0.25, -0.2) is 13.1 Å². The molecule has 0 aliphatic heterocycles. The number of benzene rings is 1. The Morgan fingerprint density at radius 1 is 1.28 bits per heavy atom. The summed E-state index contributed by atoms with van der Waals surface area (Å²) >= 11 is 0. The molecule has 0 saturated heterocycles. The average Bonchev–Trinajstić information content (AvgIpc) is 2.76. The van der Waals surface area contributed by atoms with Gasteiger partial charge >= 0.3 is 0 Å². The van der Waals surface area contributed by atoms with Crippen LogP contribution < -0.4 is 4.72 Å². The normalized spacial score (nSPS) is 23.8. The summed E-state index contributed by atoms with van der Waals surface area (Å²) in [5.41, 5.74) is 1.03. The van der Waals surface area contributed by atoms with E-state index in [-0.39, 0.29) is 16.9 Å². The summed E-state index contributed by atoms with van der Waals surface area (Å²) < 4.78 is 26.9. The van der Waals surface area contributed by atoms with E-state index in [1.54, 1.807) is 24.3 Å². The van der Waals surface area contributed by atoms with E-state index in [9.17, 15) is 8.42 Å². The summed E-state index contributed by atoms with van der Waals surface area (Å²) in [6.45, 7) is 1.91. The van der Waals surface area contributed by atoms with E-state index >= 15 is 0 Å². The quantitative estimate of drug-likeness (QED) is 0.907. The van der Waals surface area contributed by atoms with E-state index in [4.69, 9.17) is 5.26 Å². The Kier molecular flexibility index (Phi) is 3.69. The first-order valence-electron chi connectivity index (χ1n) is 6.00. The zero-order valence-electron chi connectivity index (χ0n) is 10.3. The predicted octanol–water partition coefficient (Wildman–Crippen LogP) is 1.97. The molecule has 1 aromatic rings. The van der Waals surface area contributed by atoms with Gasteiger partial charge in [0, 0.05) is 12.0 Å². The molecule has 0 spiro atoms. The lowest BCUT2D eigenvalue weighted by atomic mass is 10.1. The van der Waals surface area contributed by atoms with E-state index in [1.165, 1.54) is 0 Å². The zero-order chi connectivity index (χ0) is 13.2. The van der Waals surface area contributed by atoms with Crippen molar-refractivity contribution >= 4 is 10.0 Å². The second-order valence-electron chi connectivity index (χ2n) is 4.77. The van der Waals surface area contributed by atoms with Crippen LogP contribution in [0.4, 0.5) is 0 Å². The third-order valence-electron chi connectivity index (χ3n) is 3.27. The number of sulfonamides is 1. The molecule has 1 N–H and O–H groups in total. The highest BCUT2D eigenvalue weighted by Crippen LogP contribution is 2.26. The second-order valence-corrected chi connectivity index (χ2v) is 6.48. The number of hydrogen-bond donors (Lipinski definition) is 1. The number of nitrogens with one attached hydrogen (secondary N) is 1. The Morgan fingerprint density at radius 2 is 1.94 bits per heavy atom. The van der Waals surface area contributed by atoms with E-state index in [2.05, 4.69) is 10.8 Å². The Labute approximate surface area is 108 Å². The molecule has 0 radical (unpaired) electrons. The lowest BCUT2D eigenvalue weighted by Gasteiger charge is -2.12. The molecule has 2 atom stereocenters. The smallest absolute Gasteiger partial charge is 0.208 e. The molecule has 1 aromatic carbocycles. The number of nitriles is 1. The molecule has 1 aliphatic carbocycles. The molecule has 0 bridgehead atoms. The maximum Gasteiger partial charge on any atom is 0.240 e. The van der Waals surface area contributed by atoms with E-state index in [0.29, 0.717) is 6.42 Å². The molecule has 1 aliphatic rings. The molecule has 0 unspecified atom stereocenters. The first-order valence-corrected chi connectivity index (χ1v) is 7.48. The Morgan fingerprint density at radius 3 is 2.50 bits per heavy atom. The highest BCUT2D eigenvalue weighted by atomic mass is 32.2. The molecule has 18 heavy (non-hydrogen) atoms. The van der Waals surface area contributed by atoms with Gasteiger partial charge in [0.15, 0.2) is 0 Å². The van der Waals surface area contributed by atoms with Crippen LogP contribution in [0.2, 0.25) is 0 Å². The van der Waals surface area contributed by atoms with Crippen LogP contribution in [0.25, 0.3) is 0 Å². The molecule has 0 heterocycles. The topological polar surface area (TPSA) is 70.0 Å². The minimum atomic E-state index is -3.45. The highest BCUT2D eigenvalue weighted by Gasteiger charge is 2.28. The van der Waals surface area contributed by atoms with E-state index < -0.39 is 10.0 Å². The molecule has 0 amide bonds. The molecule has 5 heteroatoms. The molecule has 0 aromatic heterocycles. The summed E-state index contributed by atoms with van der Waals surface area (Å²) in [4.78, 5) is 0.286. The monoisotopic (exact) mass is 264 g/mol. The fraction of sp³-hybridized carbons (Fsp3) is 0.462. The maximum absolute atomic E-state index is 12.1. The van der Waals surface area contributed by atoms with Gasteiger partial charge in [0.2, 0.25) is 10.0 Å². The molecule has 96 valence electrons. The van der Waals surface area contributed by atoms with Crippen LogP contribution in [0.15, 0.2) is 29.2 Å². The van der Waals surface area contributed by atoms with Crippen molar-refractivity contribution in [2.45, 2.75) is 37.1 Å². The molecule has 4 nitrogen and oxygen atoms in total. The number of nitrogens with zero attached hydrogens (tertiary/aromatic N) is 1. The van der Waals surface area contributed by atoms with Crippen LogP contribution >= 0.6 is 0 Å². The Hall–Kier alpha value is -1.38. The van der Waals surface area contributed by atoms with Gasteiger partial charge in [0.05, 0.1) is 11.0 Å². The van der Waals surface area contributed by atoms with Gasteiger partial charge in [-0.1, -0.05) is 17.7 Å². The van der Waals surface area contributed by atoms with E-state index in [1.807, 2.05) is 6.92 Å². The minimum Gasteiger partial charge on any atom is -0.208 e. The van der Waals surface area contributed by atoms with Gasteiger partial charge in [-0.2, -0.15) is 5.26 Å². The molecular weight excluding hydrogens is 248 g/mol. The second kappa shape index (κ2) is 5.09. The number of hydrogen-bond acceptors (Lipinski definition) is 3. The summed E-state index contributed by atoms with van der Waals surface area (Å²) in [5, 5.41) is 8.80. The summed E-state index contributed by atoms with van der Waals surface area (Å²) in [5.74, 6) is -0.0179. The Balaban J connectivity index is 2.09. The lowest BCUT2D eigenvalue weighted by Crippen LogP contribution is -2.32.